The van der Waals surface area contributed by atoms with Crippen LogP contribution in [0.15, 0.2) is 23.7 Å². The lowest BCUT2D eigenvalue weighted by molar-refractivity contribution is 0.627. The summed E-state index contributed by atoms with van der Waals surface area (Å²) >= 11 is 1.45. The average molecular weight is 194 g/mol. The number of rotatable bonds is 1. The highest BCUT2D eigenvalue weighted by Crippen LogP contribution is 2.24. The third-order valence-corrected chi connectivity index (χ3v) is 2.50. The van der Waals surface area contributed by atoms with Crippen molar-refractivity contribution in [2.45, 2.75) is 6.92 Å². The fourth-order valence-corrected chi connectivity index (χ4v) is 1.80. The van der Waals surface area contributed by atoms with E-state index in [0.717, 1.165) is 16.1 Å². The van der Waals surface area contributed by atoms with Gasteiger partial charge in [0.15, 0.2) is 0 Å². The molecule has 0 aliphatic heterocycles. The number of aryl methyl sites for hydroxylation is 1. The summed E-state index contributed by atoms with van der Waals surface area (Å²) in [6.07, 6.45) is 0. The van der Waals surface area contributed by atoms with Crippen molar-refractivity contribution in [3.8, 4) is 10.6 Å². The van der Waals surface area contributed by atoms with E-state index in [4.69, 9.17) is 0 Å². The Kier molecular flexibility index (Phi) is 2.06. The maximum atomic E-state index is 12.8. The quantitative estimate of drug-likeness (QED) is 0.697. The number of nitrogens with zero attached hydrogens (tertiary/aromatic N) is 2. The van der Waals surface area contributed by atoms with E-state index in [9.17, 15) is 4.39 Å². The zero-order valence-electron chi connectivity index (χ0n) is 6.99. The van der Waals surface area contributed by atoms with Crippen LogP contribution in [0.3, 0.4) is 0 Å². The lowest BCUT2D eigenvalue weighted by Crippen LogP contribution is -1.84. The molecule has 13 heavy (non-hydrogen) atoms. The van der Waals surface area contributed by atoms with Crippen LogP contribution < -0.4 is 0 Å². The van der Waals surface area contributed by atoms with Gasteiger partial charge < -0.3 is 0 Å². The van der Waals surface area contributed by atoms with Crippen LogP contribution in [0, 0.1) is 12.7 Å². The van der Waals surface area contributed by atoms with Crippen LogP contribution in [0.5, 0.6) is 0 Å². The van der Waals surface area contributed by atoms with Crippen molar-refractivity contribution in [3.05, 3.63) is 35.1 Å². The standard InChI is InChI=1S/C9H7FN2S/c1-6-4-7(10)2-3-8(6)9-12-11-5-13-9/h2-5H,1H3. The predicted octanol–water partition coefficient (Wildman–Crippen LogP) is 2.65. The summed E-state index contributed by atoms with van der Waals surface area (Å²) in [6, 6.07) is 4.66. The van der Waals surface area contributed by atoms with Crippen LogP contribution in [0.2, 0.25) is 0 Å². The molecule has 0 aliphatic rings. The minimum absolute atomic E-state index is 0.217. The minimum atomic E-state index is -0.217. The number of hydrogen-bond donors (Lipinski definition) is 0. The smallest absolute Gasteiger partial charge is 0.147 e. The summed E-state index contributed by atoms with van der Waals surface area (Å²) in [5, 5.41) is 8.49. The molecule has 0 radical (unpaired) electrons. The van der Waals surface area contributed by atoms with E-state index in [1.54, 1.807) is 11.6 Å². The minimum Gasteiger partial charge on any atom is -0.207 e. The van der Waals surface area contributed by atoms with Crippen molar-refractivity contribution in [2.24, 2.45) is 0 Å². The van der Waals surface area contributed by atoms with Crippen molar-refractivity contribution >= 4 is 11.3 Å². The van der Waals surface area contributed by atoms with E-state index in [1.807, 2.05) is 6.92 Å². The van der Waals surface area contributed by atoms with Gasteiger partial charge in [0.25, 0.3) is 0 Å². The Morgan fingerprint density at radius 2 is 2.23 bits per heavy atom. The van der Waals surface area contributed by atoms with Crippen LogP contribution in [-0.2, 0) is 0 Å². The van der Waals surface area contributed by atoms with Gasteiger partial charge in [0, 0.05) is 5.56 Å². The lowest BCUT2D eigenvalue weighted by atomic mass is 10.1. The van der Waals surface area contributed by atoms with Crippen molar-refractivity contribution < 1.29 is 4.39 Å². The summed E-state index contributed by atoms with van der Waals surface area (Å²) in [4.78, 5) is 0. The third kappa shape index (κ3) is 1.58. The third-order valence-electron chi connectivity index (χ3n) is 1.78. The number of aromatic nitrogens is 2. The van der Waals surface area contributed by atoms with Gasteiger partial charge in [-0.25, -0.2) is 4.39 Å². The molecule has 0 aliphatic carbocycles. The van der Waals surface area contributed by atoms with Crippen LogP contribution in [-0.4, -0.2) is 10.2 Å². The molecule has 2 aromatic rings. The Labute approximate surface area is 79.1 Å². The van der Waals surface area contributed by atoms with E-state index in [2.05, 4.69) is 10.2 Å². The highest BCUT2D eigenvalue weighted by atomic mass is 32.1. The van der Waals surface area contributed by atoms with Crippen molar-refractivity contribution in [2.75, 3.05) is 0 Å². The molecular weight excluding hydrogens is 187 g/mol. The highest BCUT2D eigenvalue weighted by Gasteiger charge is 2.05. The molecule has 1 aromatic carbocycles. The molecule has 1 heterocycles. The SMILES string of the molecule is Cc1cc(F)ccc1-c1nncs1. The van der Waals surface area contributed by atoms with Crippen LogP contribution in [0.25, 0.3) is 10.6 Å². The average Bonchev–Trinajstić information content (AvgIpc) is 2.56. The summed E-state index contributed by atoms with van der Waals surface area (Å²) in [5.74, 6) is -0.217. The second-order valence-corrected chi connectivity index (χ2v) is 3.54. The van der Waals surface area contributed by atoms with E-state index < -0.39 is 0 Å². The van der Waals surface area contributed by atoms with E-state index in [-0.39, 0.29) is 5.82 Å². The zero-order valence-corrected chi connectivity index (χ0v) is 7.81. The van der Waals surface area contributed by atoms with Crippen LogP contribution in [0.1, 0.15) is 5.56 Å². The van der Waals surface area contributed by atoms with Gasteiger partial charge in [-0.1, -0.05) is 11.3 Å². The molecule has 2 nitrogen and oxygen atoms in total. The topological polar surface area (TPSA) is 25.8 Å². The van der Waals surface area contributed by atoms with Gasteiger partial charge in [0.1, 0.15) is 16.3 Å². The second kappa shape index (κ2) is 3.22. The summed E-state index contributed by atoms with van der Waals surface area (Å²) in [6.45, 7) is 1.86. The maximum Gasteiger partial charge on any atom is 0.147 e. The van der Waals surface area contributed by atoms with Gasteiger partial charge in [0.05, 0.1) is 0 Å². The molecule has 0 spiro atoms. The number of hydrogen-bond acceptors (Lipinski definition) is 3. The van der Waals surface area contributed by atoms with Gasteiger partial charge in [-0.15, -0.1) is 10.2 Å². The first-order chi connectivity index (χ1) is 6.27. The Morgan fingerprint density at radius 3 is 2.85 bits per heavy atom. The van der Waals surface area contributed by atoms with Crippen molar-refractivity contribution in [1.82, 2.24) is 10.2 Å². The Morgan fingerprint density at radius 1 is 1.38 bits per heavy atom. The highest BCUT2D eigenvalue weighted by molar-refractivity contribution is 7.12. The maximum absolute atomic E-state index is 12.8. The number of halogens is 1. The number of benzene rings is 1. The Hall–Kier alpha value is -1.29. The monoisotopic (exact) mass is 194 g/mol. The molecule has 0 unspecified atom stereocenters. The summed E-state index contributed by atoms with van der Waals surface area (Å²) in [7, 11) is 0. The molecule has 0 fully saturated rings. The zero-order chi connectivity index (χ0) is 9.26. The normalized spacial score (nSPS) is 10.3. The first-order valence-electron chi connectivity index (χ1n) is 3.80. The molecule has 4 heteroatoms. The molecule has 66 valence electrons. The van der Waals surface area contributed by atoms with Gasteiger partial charge in [-0.05, 0) is 30.7 Å². The molecule has 0 saturated heterocycles. The molecule has 0 N–H and O–H groups in total. The fourth-order valence-electron chi connectivity index (χ4n) is 1.16. The predicted molar refractivity (Wildman–Crippen MR) is 50.0 cm³/mol. The van der Waals surface area contributed by atoms with Gasteiger partial charge in [0.2, 0.25) is 0 Å². The molecular formula is C9H7FN2S. The van der Waals surface area contributed by atoms with Gasteiger partial charge in [-0.3, -0.25) is 0 Å². The first kappa shape index (κ1) is 8.31. The van der Waals surface area contributed by atoms with Gasteiger partial charge >= 0.3 is 0 Å². The van der Waals surface area contributed by atoms with E-state index in [1.165, 1.54) is 23.5 Å². The van der Waals surface area contributed by atoms with E-state index in [0.29, 0.717) is 0 Å². The molecule has 0 amide bonds. The molecule has 0 saturated carbocycles. The Bertz CT molecular complexity index is 412. The Balaban J connectivity index is 2.53. The van der Waals surface area contributed by atoms with Gasteiger partial charge in [-0.2, -0.15) is 0 Å². The van der Waals surface area contributed by atoms with E-state index >= 15 is 0 Å². The second-order valence-electron chi connectivity index (χ2n) is 2.70. The van der Waals surface area contributed by atoms with Crippen LogP contribution in [0.4, 0.5) is 4.39 Å². The summed E-state index contributed by atoms with van der Waals surface area (Å²) in [5.41, 5.74) is 3.50. The molecule has 0 atom stereocenters. The lowest BCUT2D eigenvalue weighted by Gasteiger charge is -2.00. The summed E-state index contributed by atoms with van der Waals surface area (Å²) < 4.78 is 12.8. The first-order valence-corrected chi connectivity index (χ1v) is 4.68. The van der Waals surface area contributed by atoms with Crippen molar-refractivity contribution in [1.29, 1.82) is 0 Å². The molecule has 0 bridgehead atoms. The van der Waals surface area contributed by atoms with Crippen molar-refractivity contribution in [3.63, 3.8) is 0 Å². The van der Waals surface area contributed by atoms with Crippen LogP contribution >= 0.6 is 11.3 Å². The molecule has 2 rings (SSSR count). The molecule has 1 aromatic heterocycles. The largest absolute Gasteiger partial charge is 0.207 e. The fraction of sp³-hybridized carbons (Fsp3) is 0.111.